The topological polar surface area (TPSA) is 71.1 Å². The molecular formula is C16H24O6S. The Morgan fingerprint density at radius 2 is 1.74 bits per heavy atom. The molecule has 23 heavy (non-hydrogen) atoms. The van der Waals surface area contributed by atoms with Crippen molar-refractivity contribution in [3.8, 4) is 11.5 Å². The number of thiol groups is 1. The van der Waals surface area contributed by atoms with Crippen LogP contribution in [0.2, 0.25) is 0 Å². The summed E-state index contributed by atoms with van der Waals surface area (Å²) >= 11 is 0. The van der Waals surface area contributed by atoms with E-state index in [4.69, 9.17) is 18.4 Å². The third kappa shape index (κ3) is 5.37. The first-order valence-corrected chi connectivity index (χ1v) is 8.87. The maximum Gasteiger partial charge on any atom is 0.257 e. The summed E-state index contributed by atoms with van der Waals surface area (Å²) in [5, 5.41) is 0. The molecule has 0 spiro atoms. The van der Waals surface area contributed by atoms with Crippen molar-refractivity contribution in [1.82, 2.24) is 0 Å². The maximum atomic E-state index is 10.8. The van der Waals surface area contributed by atoms with Crippen molar-refractivity contribution < 1.29 is 26.8 Å². The molecule has 0 N–H and O–H groups in total. The number of hydrogen-bond acceptors (Lipinski definition) is 6. The molecule has 2 atom stereocenters. The van der Waals surface area contributed by atoms with Gasteiger partial charge in [-0.3, -0.25) is 4.18 Å². The lowest BCUT2D eigenvalue weighted by molar-refractivity contribution is -0.0424. The van der Waals surface area contributed by atoms with Gasteiger partial charge >= 0.3 is 0 Å². The van der Waals surface area contributed by atoms with Crippen LogP contribution in [-0.4, -0.2) is 41.5 Å². The molecule has 6 nitrogen and oxygen atoms in total. The Morgan fingerprint density at radius 1 is 1.04 bits per heavy atom. The third-order valence-electron chi connectivity index (χ3n) is 4.03. The Bertz CT molecular complexity index is 564. The van der Waals surface area contributed by atoms with E-state index in [0.29, 0.717) is 24.5 Å². The van der Waals surface area contributed by atoms with Crippen LogP contribution in [0.25, 0.3) is 0 Å². The maximum absolute atomic E-state index is 10.8. The van der Waals surface area contributed by atoms with Gasteiger partial charge in [-0.15, -0.1) is 0 Å². The number of ether oxygens (including phenoxy) is 3. The molecule has 1 aromatic rings. The lowest BCUT2D eigenvalue weighted by Crippen LogP contribution is -2.35. The summed E-state index contributed by atoms with van der Waals surface area (Å²) in [5.74, 6) is 1.38. The third-order valence-corrected chi connectivity index (χ3v) is 4.48. The normalized spacial score (nSPS) is 21.3. The van der Waals surface area contributed by atoms with E-state index in [-0.39, 0.29) is 12.2 Å². The van der Waals surface area contributed by atoms with E-state index in [1.807, 2.05) is 18.2 Å². The van der Waals surface area contributed by atoms with Crippen molar-refractivity contribution >= 4 is 11.0 Å². The monoisotopic (exact) mass is 344 g/mol. The van der Waals surface area contributed by atoms with Gasteiger partial charge in [0.15, 0.2) is 11.5 Å². The van der Waals surface area contributed by atoms with E-state index >= 15 is 0 Å². The fourth-order valence-corrected chi connectivity index (χ4v) is 3.31. The summed E-state index contributed by atoms with van der Waals surface area (Å²) in [6.07, 6.45) is 3.78. The highest BCUT2D eigenvalue weighted by Gasteiger charge is 2.27. The van der Waals surface area contributed by atoms with Gasteiger partial charge in [0, 0.05) is 0 Å². The number of benzene rings is 1. The molecule has 0 unspecified atom stereocenters. The number of rotatable bonds is 8. The number of hydrogen-bond donors (Lipinski definition) is 1. The molecule has 7 heteroatoms. The Balaban J connectivity index is 1.88. The van der Waals surface area contributed by atoms with E-state index in [9.17, 15) is 8.42 Å². The first-order valence-electron chi connectivity index (χ1n) is 7.77. The average molecular weight is 344 g/mol. The van der Waals surface area contributed by atoms with E-state index in [0.717, 1.165) is 31.2 Å². The van der Waals surface area contributed by atoms with E-state index in [1.54, 1.807) is 14.2 Å². The van der Waals surface area contributed by atoms with Gasteiger partial charge in [-0.1, -0.05) is 18.9 Å². The molecule has 0 radical (unpaired) electrons. The molecule has 1 aromatic carbocycles. The smallest absolute Gasteiger partial charge is 0.257 e. The van der Waals surface area contributed by atoms with Crippen LogP contribution in [-0.2, 0) is 26.3 Å². The van der Waals surface area contributed by atoms with E-state index in [2.05, 4.69) is 0 Å². The van der Waals surface area contributed by atoms with Crippen molar-refractivity contribution in [2.24, 2.45) is 0 Å². The van der Waals surface area contributed by atoms with Crippen molar-refractivity contribution in [3.05, 3.63) is 23.8 Å². The largest absolute Gasteiger partial charge is 0.493 e. The molecule has 0 aromatic heterocycles. The average Bonchev–Trinajstić information content (AvgIpc) is 2.55. The predicted octanol–water partition coefficient (Wildman–Crippen LogP) is 2.12. The molecule has 0 saturated heterocycles. The highest BCUT2D eigenvalue weighted by molar-refractivity contribution is 7.67. The van der Waals surface area contributed by atoms with Crippen LogP contribution in [0.15, 0.2) is 18.2 Å². The van der Waals surface area contributed by atoms with E-state index < -0.39 is 11.0 Å². The molecule has 0 amide bonds. The summed E-state index contributed by atoms with van der Waals surface area (Å²) in [5.41, 5.74) is 1.07. The zero-order valence-corrected chi connectivity index (χ0v) is 14.4. The lowest BCUT2D eigenvalue weighted by Gasteiger charge is -2.29. The first-order chi connectivity index (χ1) is 11.1. The second-order valence-corrected chi connectivity index (χ2v) is 6.16. The molecule has 130 valence electrons. The van der Waals surface area contributed by atoms with Crippen LogP contribution in [0, 0.1) is 0 Å². The quantitative estimate of drug-likeness (QED) is 0.729. The minimum absolute atomic E-state index is 0.156. The standard InChI is InChI=1S/C16H24O6S/c1-19-13-8-7-12(11-16(13)20-2)9-10-21-14-5-3-4-6-15(14)22-23(17)18/h7-8,11,14-15,23H,3-6,9-10H2,1-2H3/t14-,15+/m1/s1. The fraction of sp³-hybridized carbons (Fsp3) is 0.625. The minimum atomic E-state index is -2.83. The van der Waals surface area contributed by atoms with Crippen LogP contribution in [0.5, 0.6) is 11.5 Å². The second kappa shape index (κ2) is 9.10. The number of methoxy groups -OCH3 is 2. The Morgan fingerprint density at radius 3 is 2.39 bits per heavy atom. The van der Waals surface area contributed by atoms with Crippen molar-refractivity contribution in [2.75, 3.05) is 20.8 Å². The highest BCUT2D eigenvalue weighted by Crippen LogP contribution is 2.28. The summed E-state index contributed by atoms with van der Waals surface area (Å²) in [4.78, 5) is 0. The molecule has 1 saturated carbocycles. The summed E-state index contributed by atoms with van der Waals surface area (Å²) in [6, 6.07) is 5.75. The molecule has 2 rings (SSSR count). The van der Waals surface area contributed by atoms with Crippen LogP contribution in [0.1, 0.15) is 31.2 Å². The summed E-state index contributed by atoms with van der Waals surface area (Å²) in [7, 11) is 0.374. The second-order valence-electron chi connectivity index (χ2n) is 5.50. The van der Waals surface area contributed by atoms with Crippen LogP contribution in [0.4, 0.5) is 0 Å². The first kappa shape index (κ1) is 18.0. The SMILES string of the molecule is COc1ccc(CCO[C@@H]2CCCC[C@@H]2O[SH](=O)=O)cc1OC. The van der Waals surface area contributed by atoms with Gasteiger partial charge in [0.25, 0.3) is 11.0 Å². The van der Waals surface area contributed by atoms with Crippen molar-refractivity contribution in [1.29, 1.82) is 0 Å². The molecule has 1 aliphatic rings. The fourth-order valence-electron chi connectivity index (χ4n) is 2.85. The van der Waals surface area contributed by atoms with Crippen LogP contribution >= 0.6 is 0 Å². The zero-order chi connectivity index (χ0) is 16.7. The van der Waals surface area contributed by atoms with Gasteiger partial charge in [-0.05, 0) is 37.0 Å². The van der Waals surface area contributed by atoms with Gasteiger partial charge < -0.3 is 14.2 Å². The highest BCUT2D eigenvalue weighted by atomic mass is 32.2. The summed E-state index contributed by atoms with van der Waals surface area (Å²) < 4.78 is 42.9. The molecule has 0 aliphatic heterocycles. The van der Waals surface area contributed by atoms with E-state index in [1.165, 1.54) is 0 Å². The van der Waals surface area contributed by atoms with Gasteiger partial charge in [0.2, 0.25) is 0 Å². The predicted molar refractivity (Wildman–Crippen MR) is 86.6 cm³/mol. The minimum Gasteiger partial charge on any atom is -0.493 e. The molecular weight excluding hydrogens is 320 g/mol. The molecule has 1 fully saturated rings. The van der Waals surface area contributed by atoms with Crippen LogP contribution < -0.4 is 9.47 Å². The van der Waals surface area contributed by atoms with Crippen molar-refractivity contribution in [3.63, 3.8) is 0 Å². The van der Waals surface area contributed by atoms with Crippen LogP contribution in [0.3, 0.4) is 0 Å². The zero-order valence-electron chi connectivity index (χ0n) is 13.5. The Labute approximate surface area is 138 Å². The van der Waals surface area contributed by atoms with Gasteiger partial charge in [0.05, 0.1) is 26.9 Å². The molecule has 1 aliphatic carbocycles. The van der Waals surface area contributed by atoms with Gasteiger partial charge in [-0.25, -0.2) is 8.42 Å². The van der Waals surface area contributed by atoms with Gasteiger partial charge in [0.1, 0.15) is 6.10 Å². The molecule has 0 bridgehead atoms. The molecule has 0 heterocycles. The lowest BCUT2D eigenvalue weighted by atomic mass is 9.95. The van der Waals surface area contributed by atoms with Crippen molar-refractivity contribution in [2.45, 2.75) is 44.3 Å². The van der Waals surface area contributed by atoms with Gasteiger partial charge in [-0.2, -0.15) is 0 Å². The Kier molecular flexibility index (Phi) is 7.14. The Hall–Kier alpha value is -1.31. The summed E-state index contributed by atoms with van der Waals surface area (Å²) in [6.45, 7) is 0.510.